The number of hydrogen-bond acceptors (Lipinski definition) is 2. The molecule has 2 N–H and O–H groups in total. The average molecular weight is 179 g/mol. The van der Waals surface area contributed by atoms with Gasteiger partial charge in [0.2, 0.25) is 0 Å². The Balaban J connectivity index is 2.45. The zero-order valence-corrected chi connectivity index (χ0v) is 8.38. The number of nitrogens with two attached hydrogens (primary N) is 1. The quantitative estimate of drug-likeness (QED) is 0.707. The zero-order valence-electron chi connectivity index (χ0n) is 8.38. The molecule has 2 rings (SSSR count). The molecule has 0 saturated heterocycles. The number of hydrogen-bond donors (Lipinski definition) is 1. The molecular formula is C10H17N3. The first-order valence-electron chi connectivity index (χ1n) is 4.97. The third-order valence-electron chi connectivity index (χ3n) is 3.07. The summed E-state index contributed by atoms with van der Waals surface area (Å²) in [5.41, 5.74) is 8.20. The molecule has 3 nitrogen and oxygen atoms in total. The van der Waals surface area contributed by atoms with Crippen LogP contribution in [0.1, 0.15) is 36.0 Å². The summed E-state index contributed by atoms with van der Waals surface area (Å²) in [4.78, 5) is 4.59. The van der Waals surface area contributed by atoms with Gasteiger partial charge in [-0.1, -0.05) is 0 Å². The van der Waals surface area contributed by atoms with Crippen molar-refractivity contribution in [3.63, 3.8) is 0 Å². The highest BCUT2D eigenvalue weighted by Crippen LogP contribution is 2.27. The molecule has 3 heteroatoms. The molecule has 1 aliphatic rings. The van der Waals surface area contributed by atoms with E-state index in [9.17, 15) is 0 Å². The Morgan fingerprint density at radius 1 is 1.54 bits per heavy atom. The van der Waals surface area contributed by atoms with Gasteiger partial charge in [-0.2, -0.15) is 0 Å². The van der Waals surface area contributed by atoms with Gasteiger partial charge in [0, 0.05) is 24.7 Å². The van der Waals surface area contributed by atoms with E-state index < -0.39 is 0 Å². The molecular weight excluding hydrogens is 162 g/mol. The average Bonchev–Trinajstić information content (AvgIpc) is 2.43. The molecule has 0 radical (unpaired) electrons. The maximum atomic E-state index is 5.72. The lowest BCUT2D eigenvalue weighted by Crippen LogP contribution is -2.22. The summed E-state index contributed by atoms with van der Waals surface area (Å²) in [7, 11) is 0. The van der Waals surface area contributed by atoms with Gasteiger partial charge in [0.1, 0.15) is 5.82 Å². The summed E-state index contributed by atoms with van der Waals surface area (Å²) in [5.74, 6) is 1.70. The van der Waals surface area contributed by atoms with Gasteiger partial charge in [-0.3, -0.25) is 0 Å². The van der Waals surface area contributed by atoms with Crippen LogP contribution in [0.5, 0.6) is 0 Å². The van der Waals surface area contributed by atoms with Crippen molar-refractivity contribution >= 4 is 0 Å². The Kier molecular flexibility index (Phi) is 2.12. The summed E-state index contributed by atoms with van der Waals surface area (Å²) in [6.45, 7) is 6.08. The van der Waals surface area contributed by atoms with Crippen molar-refractivity contribution in [2.75, 3.05) is 6.54 Å². The maximum Gasteiger partial charge on any atom is 0.113 e. The lowest BCUT2D eigenvalue weighted by Gasteiger charge is -2.22. The molecule has 0 amide bonds. The van der Waals surface area contributed by atoms with E-state index in [-0.39, 0.29) is 0 Å². The van der Waals surface area contributed by atoms with Crippen molar-refractivity contribution in [1.82, 2.24) is 9.55 Å². The summed E-state index contributed by atoms with van der Waals surface area (Å²) >= 11 is 0. The van der Waals surface area contributed by atoms with Gasteiger partial charge in [0.15, 0.2) is 0 Å². The first-order valence-corrected chi connectivity index (χ1v) is 4.97. The number of nitrogens with zero attached hydrogens (tertiary/aromatic N) is 2. The van der Waals surface area contributed by atoms with Crippen molar-refractivity contribution < 1.29 is 0 Å². The lowest BCUT2D eigenvalue weighted by atomic mass is 9.99. The molecule has 1 aromatic rings. The van der Waals surface area contributed by atoms with Crippen LogP contribution < -0.4 is 5.73 Å². The molecule has 0 saturated carbocycles. The highest BCUT2D eigenvalue weighted by Gasteiger charge is 2.22. The number of imidazole rings is 1. The van der Waals surface area contributed by atoms with Gasteiger partial charge in [0.25, 0.3) is 0 Å². The first kappa shape index (κ1) is 8.75. The second kappa shape index (κ2) is 3.14. The molecule has 2 heterocycles. The summed E-state index contributed by atoms with van der Waals surface area (Å²) in [6.07, 6.45) is 2.44. The minimum absolute atomic E-state index is 0.487. The summed E-state index contributed by atoms with van der Waals surface area (Å²) in [6, 6.07) is 0. The van der Waals surface area contributed by atoms with Crippen LogP contribution in [0.25, 0.3) is 0 Å². The molecule has 1 aromatic heterocycles. The van der Waals surface area contributed by atoms with Crippen LogP contribution in [-0.4, -0.2) is 16.1 Å². The largest absolute Gasteiger partial charge is 0.332 e. The third kappa shape index (κ3) is 1.27. The normalized spacial score (nSPS) is 21.6. The molecule has 0 aromatic carbocycles. The standard InChI is InChI=1S/C10H17N3/c1-7-8(2)13-5-3-4-9(6-11)10(13)12-7/h9H,3-6,11H2,1-2H3. The fourth-order valence-electron chi connectivity index (χ4n) is 2.12. The van der Waals surface area contributed by atoms with Crippen molar-refractivity contribution in [3.05, 3.63) is 17.2 Å². The molecule has 1 atom stereocenters. The highest BCUT2D eigenvalue weighted by atomic mass is 15.1. The van der Waals surface area contributed by atoms with Crippen molar-refractivity contribution in [3.8, 4) is 0 Å². The second-order valence-electron chi connectivity index (χ2n) is 3.87. The van der Waals surface area contributed by atoms with E-state index in [1.165, 1.54) is 24.4 Å². The van der Waals surface area contributed by atoms with Gasteiger partial charge in [-0.15, -0.1) is 0 Å². The SMILES string of the molecule is Cc1nc2n(c1C)CCCC2CN. The Hall–Kier alpha value is -0.830. The van der Waals surface area contributed by atoms with Crippen molar-refractivity contribution in [1.29, 1.82) is 0 Å². The van der Waals surface area contributed by atoms with E-state index in [0.717, 1.165) is 18.8 Å². The van der Waals surface area contributed by atoms with Gasteiger partial charge >= 0.3 is 0 Å². The smallest absolute Gasteiger partial charge is 0.113 e. The van der Waals surface area contributed by atoms with Crippen LogP contribution in [0.2, 0.25) is 0 Å². The van der Waals surface area contributed by atoms with Crippen LogP contribution in [0.3, 0.4) is 0 Å². The fourth-order valence-corrected chi connectivity index (χ4v) is 2.12. The van der Waals surface area contributed by atoms with Crippen LogP contribution in [-0.2, 0) is 6.54 Å². The number of aryl methyl sites for hydroxylation is 1. The number of rotatable bonds is 1. The molecule has 1 aliphatic heterocycles. The monoisotopic (exact) mass is 179 g/mol. The molecule has 0 bridgehead atoms. The van der Waals surface area contributed by atoms with Crippen molar-refractivity contribution in [2.45, 2.75) is 39.2 Å². The fraction of sp³-hybridized carbons (Fsp3) is 0.700. The molecule has 13 heavy (non-hydrogen) atoms. The summed E-state index contributed by atoms with van der Waals surface area (Å²) < 4.78 is 2.33. The van der Waals surface area contributed by atoms with E-state index in [2.05, 4.69) is 23.4 Å². The topological polar surface area (TPSA) is 43.8 Å². The maximum absolute atomic E-state index is 5.72. The molecule has 1 unspecified atom stereocenters. The molecule has 0 aliphatic carbocycles. The zero-order chi connectivity index (χ0) is 9.42. The van der Waals surface area contributed by atoms with E-state index in [4.69, 9.17) is 5.73 Å². The van der Waals surface area contributed by atoms with Crippen LogP contribution in [0, 0.1) is 13.8 Å². The second-order valence-corrected chi connectivity index (χ2v) is 3.87. The molecule has 72 valence electrons. The summed E-state index contributed by atoms with van der Waals surface area (Å²) in [5, 5.41) is 0. The predicted octanol–water partition coefficient (Wildman–Crippen LogP) is 1.34. The Bertz CT molecular complexity index is 314. The van der Waals surface area contributed by atoms with E-state index in [1.54, 1.807) is 0 Å². The molecule has 0 spiro atoms. The van der Waals surface area contributed by atoms with Gasteiger partial charge in [0.05, 0.1) is 5.69 Å². The Morgan fingerprint density at radius 3 is 3.00 bits per heavy atom. The van der Waals surface area contributed by atoms with E-state index >= 15 is 0 Å². The van der Waals surface area contributed by atoms with Gasteiger partial charge in [-0.05, 0) is 26.7 Å². The predicted molar refractivity (Wildman–Crippen MR) is 52.7 cm³/mol. The van der Waals surface area contributed by atoms with Gasteiger partial charge in [-0.25, -0.2) is 4.98 Å². The Labute approximate surface area is 79.0 Å². The van der Waals surface area contributed by atoms with Crippen LogP contribution in [0.4, 0.5) is 0 Å². The van der Waals surface area contributed by atoms with Crippen LogP contribution >= 0.6 is 0 Å². The van der Waals surface area contributed by atoms with E-state index in [0.29, 0.717) is 5.92 Å². The Morgan fingerprint density at radius 2 is 2.31 bits per heavy atom. The van der Waals surface area contributed by atoms with Gasteiger partial charge < -0.3 is 10.3 Å². The number of aromatic nitrogens is 2. The first-order chi connectivity index (χ1) is 6.24. The number of fused-ring (bicyclic) bond motifs is 1. The lowest BCUT2D eigenvalue weighted by molar-refractivity contribution is 0.443. The minimum Gasteiger partial charge on any atom is -0.332 e. The van der Waals surface area contributed by atoms with Crippen molar-refractivity contribution in [2.24, 2.45) is 5.73 Å². The van der Waals surface area contributed by atoms with Crippen LogP contribution in [0.15, 0.2) is 0 Å². The van der Waals surface area contributed by atoms with E-state index in [1.807, 2.05) is 0 Å². The minimum atomic E-state index is 0.487. The third-order valence-corrected chi connectivity index (χ3v) is 3.07. The molecule has 0 fully saturated rings. The highest BCUT2D eigenvalue weighted by molar-refractivity contribution is 5.18.